The molecule has 0 aromatic carbocycles. The van der Waals surface area contributed by atoms with E-state index in [9.17, 15) is 4.79 Å². The van der Waals surface area contributed by atoms with Crippen LogP contribution in [0.1, 0.15) is 25.7 Å². The Hall–Kier alpha value is -0.120. The highest BCUT2D eigenvalue weighted by Crippen LogP contribution is 2.16. The number of carbonyl (C=O) groups is 1. The molecule has 0 aromatic heterocycles. The second kappa shape index (κ2) is 5.69. The van der Waals surface area contributed by atoms with E-state index in [1.807, 2.05) is 0 Å². The van der Waals surface area contributed by atoms with Gasteiger partial charge in [-0.15, -0.1) is 12.4 Å². The predicted octanol–water partition coefficient (Wildman–Crippen LogP) is 0.825. The van der Waals surface area contributed by atoms with Gasteiger partial charge in [0.05, 0.1) is 0 Å². The van der Waals surface area contributed by atoms with E-state index in [4.69, 9.17) is 0 Å². The Balaban J connectivity index is 0.000000980. The van der Waals surface area contributed by atoms with Crippen LogP contribution in [0.5, 0.6) is 0 Å². The Morgan fingerprint density at radius 3 is 2.29 bits per heavy atom. The van der Waals surface area contributed by atoms with Crippen LogP contribution in [0.4, 0.5) is 0 Å². The molecule has 3 nitrogen and oxygen atoms in total. The SMILES string of the molecule is Cl.O=C1CCN(C2CCNCC2)CC1. The van der Waals surface area contributed by atoms with Crippen molar-refractivity contribution in [2.24, 2.45) is 0 Å². The van der Waals surface area contributed by atoms with Crippen molar-refractivity contribution in [2.45, 2.75) is 31.7 Å². The lowest BCUT2D eigenvalue weighted by atomic mass is 10.0. The molecule has 4 heteroatoms. The normalized spacial score (nSPS) is 25.9. The lowest BCUT2D eigenvalue weighted by Crippen LogP contribution is -2.46. The zero-order chi connectivity index (χ0) is 9.10. The zero-order valence-corrected chi connectivity index (χ0v) is 9.31. The Morgan fingerprint density at radius 1 is 1.14 bits per heavy atom. The van der Waals surface area contributed by atoms with Crippen LogP contribution in [0, 0.1) is 0 Å². The maximum Gasteiger partial charge on any atom is 0.135 e. The van der Waals surface area contributed by atoms with Gasteiger partial charge in [-0.2, -0.15) is 0 Å². The van der Waals surface area contributed by atoms with Gasteiger partial charge in [0.2, 0.25) is 0 Å². The van der Waals surface area contributed by atoms with E-state index in [1.165, 1.54) is 12.8 Å². The highest BCUT2D eigenvalue weighted by Gasteiger charge is 2.24. The largest absolute Gasteiger partial charge is 0.317 e. The molecule has 82 valence electrons. The molecule has 0 bridgehead atoms. The van der Waals surface area contributed by atoms with Crippen LogP contribution in [0.3, 0.4) is 0 Å². The molecule has 2 aliphatic heterocycles. The predicted molar refractivity (Wildman–Crippen MR) is 59.0 cm³/mol. The third kappa shape index (κ3) is 2.94. The van der Waals surface area contributed by atoms with Crippen molar-refractivity contribution in [3.63, 3.8) is 0 Å². The van der Waals surface area contributed by atoms with E-state index in [0.29, 0.717) is 5.78 Å². The second-order valence-corrected chi connectivity index (χ2v) is 4.06. The fourth-order valence-corrected chi connectivity index (χ4v) is 2.31. The average molecular weight is 219 g/mol. The summed E-state index contributed by atoms with van der Waals surface area (Å²) in [7, 11) is 0. The fourth-order valence-electron chi connectivity index (χ4n) is 2.31. The molecule has 1 N–H and O–H groups in total. The first-order valence-corrected chi connectivity index (χ1v) is 5.33. The summed E-state index contributed by atoms with van der Waals surface area (Å²) in [5.41, 5.74) is 0. The molecule has 2 heterocycles. The molecule has 14 heavy (non-hydrogen) atoms. The maximum absolute atomic E-state index is 11.1. The Kier molecular flexibility index (Phi) is 4.85. The zero-order valence-electron chi connectivity index (χ0n) is 8.50. The first kappa shape index (κ1) is 12.0. The third-order valence-corrected chi connectivity index (χ3v) is 3.18. The molecule has 0 spiro atoms. The highest BCUT2D eigenvalue weighted by atomic mass is 35.5. The van der Waals surface area contributed by atoms with Crippen LogP contribution >= 0.6 is 12.4 Å². The number of hydrogen-bond donors (Lipinski definition) is 1. The number of likely N-dealkylation sites (tertiary alicyclic amines) is 1. The number of nitrogens with zero attached hydrogens (tertiary/aromatic N) is 1. The van der Waals surface area contributed by atoms with Gasteiger partial charge in [0, 0.05) is 32.0 Å². The monoisotopic (exact) mass is 218 g/mol. The topological polar surface area (TPSA) is 32.3 Å². The first-order chi connectivity index (χ1) is 6.36. The molecular formula is C10H19ClN2O. The number of nitrogens with one attached hydrogen (secondary N) is 1. The van der Waals surface area contributed by atoms with Gasteiger partial charge in [0.25, 0.3) is 0 Å². The molecule has 2 saturated heterocycles. The average Bonchev–Trinajstić information content (AvgIpc) is 2.20. The van der Waals surface area contributed by atoms with Crippen LogP contribution < -0.4 is 5.32 Å². The van der Waals surface area contributed by atoms with Crippen molar-refractivity contribution in [1.82, 2.24) is 10.2 Å². The van der Waals surface area contributed by atoms with Gasteiger partial charge in [-0.3, -0.25) is 9.69 Å². The van der Waals surface area contributed by atoms with Gasteiger partial charge >= 0.3 is 0 Å². The van der Waals surface area contributed by atoms with E-state index < -0.39 is 0 Å². The summed E-state index contributed by atoms with van der Waals surface area (Å²) in [4.78, 5) is 13.6. The molecule has 0 aromatic rings. The van der Waals surface area contributed by atoms with Crippen LogP contribution in [-0.2, 0) is 4.79 Å². The number of ketones is 1. The molecule has 0 aliphatic carbocycles. The maximum atomic E-state index is 11.1. The summed E-state index contributed by atoms with van der Waals surface area (Å²) in [6.07, 6.45) is 4.08. The molecule has 2 aliphatic rings. The van der Waals surface area contributed by atoms with Crippen molar-refractivity contribution in [1.29, 1.82) is 0 Å². The summed E-state index contributed by atoms with van der Waals surface area (Å²) >= 11 is 0. The van der Waals surface area contributed by atoms with Crippen LogP contribution in [0.15, 0.2) is 0 Å². The molecule has 2 fully saturated rings. The Bertz CT molecular complexity index is 183. The van der Waals surface area contributed by atoms with Crippen LogP contribution in [0.25, 0.3) is 0 Å². The molecule has 0 unspecified atom stereocenters. The van der Waals surface area contributed by atoms with E-state index in [0.717, 1.165) is 45.1 Å². The lowest BCUT2D eigenvalue weighted by molar-refractivity contribution is -0.122. The van der Waals surface area contributed by atoms with Gasteiger partial charge in [0.1, 0.15) is 5.78 Å². The van der Waals surface area contributed by atoms with Gasteiger partial charge in [0.15, 0.2) is 0 Å². The smallest absolute Gasteiger partial charge is 0.135 e. The number of hydrogen-bond acceptors (Lipinski definition) is 3. The molecule has 2 rings (SSSR count). The summed E-state index contributed by atoms with van der Waals surface area (Å²) in [5.74, 6) is 0.449. The minimum atomic E-state index is 0. The third-order valence-electron chi connectivity index (χ3n) is 3.18. The fraction of sp³-hybridized carbons (Fsp3) is 0.900. The summed E-state index contributed by atoms with van der Waals surface area (Å²) in [6.45, 7) is 4.30. The quantitative estimate of drug-likeness (QED) is 0.708. The van der Waals surface area contributed by atoms with Crippen molar-refractivity contribution in [3.8, 4) is 0 Å². The molecular weight excluding hydrogens is 200 g/mol. The van der Waals surface area contributed by atoms with E-state index in [1.54, 1.807) is 0 Å². The van der Waals surface area contributed by atoms with E-state index in [2.05, 4.69) is 10.2 Å². The van der Waals surface area contributed by atoms with Crippen molar-refractivity contribution in [2.75, 3.05) is 26.2 Å². The Labute approximate surface area is 91.6 Å². The lowest BCUT2D eigenvalue weighted by Gasteiger charge is -2.36. The molecule has 0 saturated carbocycles. The van der Waals surface area contributed by atoms with Crippen LogP contribution in [0.2, 0.25) is 0 Å². The number of halogens is 1. The van der Waals surface area contributed by atoms with Crippen molar-refractivity contribution in [3.05, 3.63) is 0 Å². The van der Waals surface area contributed by atoms with Gasteiger partial charge in [-0.05, 0) is 25.9 Å². The van der Waals surface area contributed by atoms with E-state index >= 15 is 0 Å². The van der Waals surface area contributed by atoms with Gasteiger partial charge < -0.3 is 5.32 Å². The minimum Gasteiger partial charge on any atom is -0.317 e. The summed E-state index contributed by atoms with van der Waals surface area (Å²) in [6, 6.07) is 0.745. The number of piperidine rings is 2. The molecule has 0 amide bonds. The van der Waals surface area contributed by atoms with Crippen molar-refractivity contribution < 1.29 is 4.79 Å². The van der Waals surface area contributed by atoms with Crippen molar-refractivity contribution >= 4 is 18.2 Å². The van der Waals surface area contributed by atoms with Gasteiger partial charge in [-0.1, -0.05) is 0 Å². The van der Waals surface area contributed by atoms with E-state index in [-0.39, 0.29) is 12.4 Å². The molecule has 0 radical (unpaired) electrons. The number of rotatable bonds is 1. The molecule has 0 atom stereocenters. The number of carbonyl (C=O) groups excluding carboxylic acids is 1. The second-order valence-electron chi connectivity index (χ2n) is 4.06. The van der Waals surface area contributed by atoms with Crippen LogP contribution in [-0.4, -0.2) is 42.9 Å². The first-order valence-electron chi connectivity index (χ1n) is 5.33. The highest BCUT2D eigenvalue weighted by molar-refractivity contribution is 5.85. The number of Topliss-reactive ketones (excluding diaryl/α,β-unsaturated/α-hetero) is 1. The Morgan fingerprint density at radius 2 is 1.71 bits per heavy atom. The summed E-state index contributed by atoms with van der Waals surface area (Å²) < 4.78 is 0. The van der Waals surface area contributed by atoms with Gasteiger partial charge in [-0.25, -0.2) is 0 Å². The standard InChI is InChI=1S/C10H18N2O.ClH/c13-10-3-7-12(8-4-10)9-1-5-11-6-2-9;/h9,11H,1-8H2;1H. The minimum absolute atomic E-state index is 0. The summed E-state index contributed by atoms with van der Waals surface area (Å²) in [5, 5.41) is 3.37.